The van der Waals surface area contributed by atoms with E-state index in [0.29, 0.717) is 17.6 Å². The summed E-state index contributed by atoms with van der Waals surface area (Å²) in [5.74, 6) is 0.285. The molecule has 1 aliphatic rings. The van der Waals surface area contributed by atoms with Crippen molar-refractivity contribution in [3.8, 4) is 0 Å². The Balaban J connectivity index is 1.88. The highest BCUT2D eigenvalue weighted by atomic mass is 79.9. The lowest BCUT2D eigenvalue weighted by Gasteiger charge is -2.08. The zero-order valence-corrected chi connectivity index (χ0v) is 15.5. The van der Waals surface area contributed by atoms with E-state index in [1.165, 1.54) is 11.8 Å². The van der Waals surface area contributed by atoms with Gasteiger partial charge < -0.3 is 10.6 Å². The van der Waals surface area contributed by atoms with E-state index in [-0.39, 0.29) is 18.2 Å². The summed E-state index contributed by atoms with van der Waals surface area (Å²) in [4.78, 5) is 28.2. The van der Waals surface area contributed by atoms with Crippen molar-refractivity contribution < 1.29 is 9.59 Å². The van der Waals surface area contributed by atoms with Crippen molar-refractivity contribution >= 4 is 50.4 Å². The van der Waals surface area contributed by atoms with Crippen molar-refractivity contribution in [3.63, 3.8) is 0 Å². The molecule has 1 aromatic rings. The first-order valence-corrected chi connectivity index (χ1v) is 9.20. The third-order valence-corrected chi connectivity index (χ3v) is 4.81. The predicted octanol–water partition coefficient (Wildman–Crippen LogP) is 3.22. The first kappa shape index (κ1) is 18.0. The molecule has 0 aliphatic carbocycles. The van der Waals surface area contributed by atoms with Crippen LogP contribution in [0.15, 0.2) is 33.7 Å². The van der Waals surface area contributed by atoms with Gasteiger partial charge in [-0.3, -0.25) is 9.59 Å². The predicted molar refractivity (Wildman–Crippen MR) is 97.8 cm³/mol. The lowest BCUT2D eigenvalue weighted by Crippen LogP contribution is -2.32. The molecular formula is C16H20BrN3O2S. The second-order valence-corrected chi connectivity index (χ2v) is 7.84. The van der Waals surface area contributed by atoms with Crippen molar-refractivity contribution in [1.82, 2.24) is 10.6 Å². The van der Waals surface area contributed by atoms with Gasteiger partial charge in [0, 0.05) is 17.4 Å². The van der Waals surface area contributed by atoms with Crippen LogP contribution < -0.4 is 10.6 Å². The van der Waals surface area contributed by atoms with Crippen LogP contribution >= 0.6 is 27.7 Å². The molecule has 7 heteroatoms. The summed E-state index contributed by atoms with van der Waals surface area (Å²) in [5.41, 5.74) is 0.754. The number of amidine groups is 1. The van der Waals surface area contributed by atoms with Gasteiger partial charge in [0.1, 0.15) is 5.25 Å². The van der Waals surface area contributed by atoms with Gasteiger partial charge in [-0.15, -0.1) is 0 Å². The third kappa shape index (κ3) is 5.99. The van der Waals surface area contributed by atoms with Crippen LogP contribution in [0.2, 0.25) is 0 Å². The van der Waals surface area contributed by atoms with Crippen LogP contribution in [-0.4, -0.2) is 28.8 Å². The minimum atomic E-state index is -0.417. The topological polar surface area (TPSA) is 70.6 Å². The quantitative estimate of drug-likeness (QED) is 0.773. The first-order valence-electron chi connectivity index (χ1n) is 7.52. The van der Waals surface area contributed by atoms with Gasteiger partial charge in [-0.25, -0.2) is 4.99 Å². The fourth-order valence-electron chi connectivity index (χ4n) is 2.00. The van der Waals surface area contributed by atoms with Gasteiger partial charge >= 0.3 is 0 Å². The molecule has 23 heavy (non-hydrogen) atoms. The lowest BCUT2D eigenvalue weighted by atomic mass is 10.1. The minimum absolute atomic E-state index is 0.0954. The van der Waals surface area contributed by atoms with E-state index in [1.807, 2.05) is 24.3 Å². The molecule has 1 aromatic carbocycles. The number of thioether (sulfide) groups is 1. The summed E-state index contributed by atoms with van der Waals surface area (Å²) in [7, 11) is 0. The molecule has 0 bridgehead atoms. The second-order valence-electron chi connectivity index (χ2n) is 5.73. The van der Waals surface area contributed by atoms with Crippen LogP contribution in [-0.2, 0) is 9.59 Å². The van der Waals surface area contributed by atoms with Gasteiger partial charge in [0.05, 0.1) is 5.69 Å². The molecule has 2 rings (SSSR count). The third-order valence-electron chi connectivity index (χ3n) is 3.23. The Kier molecular flexibility index (Phi) is 6.65. The Morgan fingerprint density at radius 1 is 1.48 bits per heavy atom. The fraction of sp³-hybridized carbons (Fsp3) is 0.438. The highest BCUT2D eigenvalue weighted by molar-refractivity contribution is 9.10. The molecule has 1 saturated heterocycles. The highest BCUT2D eigenvalue weighted by Gasteiger charge is 2.32. The van der Waals surface area contributed by atoms with E-state index in [2.05, 4.69) is 45.4 Å². The van der Waals surface area contributed by atoms with E-state index in [1.54, 1.807) is 0 Å². The number of amides is 2. The zero-order valence-electron chi connectivity index (χ0n) is 13.1. The van der Waals surface area contributed by atoms with Gasteiger partial charge in [0.15, 0.2) is 5.17 Å². The minimum Gasteiger partial charge on any atom is -0.356 e. The summed E-state index contributed by atoms with van der Waals surface area (Å²) in [6.45, 7) is 4.86. The molecule has 2 N–H and O–H groups in total. The van der Waals surface area contributed by atoms with Crippen LogP contribution in [0, 0.1) is 5.92 Å². The van der Waals surface area contributed by atoms with Crippen molar-refractivity contribution in [2.45, 2.75) is 31.9 Å². The maximum Gasteiger partial charge on any atom is 0.240 e. The van der Waals surface area contributed by atoms with Gasteiger partial charge in [-0.1, -0.05) is 47.6 Å². The number of carbonyl (C=O) groups excluding carboxylic acids is 2. The number of rotatable bonds is 6. The van der Waals surface area contributed by atoms with Gasteiger partial charge in [-0.2, -0.15) is 0 Å². The first-order chi connectivity index (χ1) is 10.9. The average molecular weight is 398 g/mol. The van der Waals surface area contributed by atoms with Gasteiger partial charge in [0.25, 0.3) is 0 Å². The summed E-state index contributed by atoms with van der Waals surface area (Å²) in [6, 6.07) is 7.51. The molecule has 2 amide bonds. The molecule has 1 heterocycles. The molecule has 1 atom stereocenters. The zero-order chi connectivity index (χ0) is 16.8. The second kappa shape index (κ2) is 8.49. The normalized spacial score (nSPS) is 19.2. The molecule has 0 saturated carbocycles. The Morgan fingerprint density at radius 2 is 2.26 bits per heavy atom. The molecule has 0 unspecified atom stereocenters. The van der Waals surface area contributed by atoms with E-state index in [0.717, 1.165) is 16.6 Å². The van der Waals surface area contributed by atoms with Crippen LogP contribution in [0.5, 0.6) is 0 Å². The summed E-state index contributed by atoms with van der Waals surface area (Å²) in [6.07, 6.45) is 1.11. The molecule has 0 spiro atoms. The van der Waals surface area contributed by atoms with Crippen molar-refractivity contribution in [3.05, 3.63) is 28.7 Å². The largest absolute Gasteiger partial charge is 0.356 e. The molecule has 1 fully saturated rings. The molecule has 5 nitrogen and oxygen atoms in total. The standard InChI is InChI=1S/C16H20BrN3O2S/c1-10(2)6-7-18-14(21)9-13-15(22)20-16(23-13)19-12-5-3-4-11(17)8-12/h3-5,8,10,13H,6-7,9H2,1-2H3,(H,18,21)(H,19,20,22)/t13-/m0/s1. The lowest BCUT2D eigenvalue weighted by molar-refractivity contribution is -0.125. The Labute approximate surface area is 148 Å². The van der Waals surface area contributed by atoms with Gasteiger partial charge in [0.2, 0.25) is 11.8 Å². The monoisotopic (exact) mass is 397 g/mol. The average Bonchev–Trinajstić information content (AvgIpc) is 2.78. The number of nitrogens with one attached hydrogen (secondary N) is 2. The van der Waals surface area contributed by atoms with Crippen LogP contribution in [0.25, 0.3) is 0 Å². The SMILES string of the molecule is CC(C)CCNC(=O)C[C@@H]1SC(=Nc2cccc(Br)c2)NC1=O. The number of nitrogens with zero attached hydrogens (tertiary/aromatic N) is 1. The number of hydrogen-bond donors (Lipinski definition) is 2. The number of aliphatic imine (C=N–C) groups is 1. The van der Waals surface area contributed by atoms with E-state index in [9.17, 15) is 9.59 Å². The van der Waals surface area contributed by atoms with Crippen LogP contribution in [0.1, 0.15) is 26.7 Å². The van der Waals surface area contributed by atoms with Crippen molar-refractivity contribution in [2.75, 3.05) is 6.54 Å². The summed E-state index contributed by atoms with van der Waals surface area (Å²) in [5, 5.41) is 5.70. The fourth-order valence-corrected chi connectivity index (χ4v) is 3.37. The Morgan fingerprint density at radius 3 is 2.96 bits per heavy atom. The van der Waals surface area contributed by atoms with E-state index < -0.39 is 5.25 Å². The number of hydrogen-bond acceptors (Lipinski definition) is 4. The van der Waals surface area contributed by atoms with Crippen molar-refractivity contribution in [2.24, 2.45) is 10.9 Å². The van der Waals surface area contributed by atoms with Crippen LogP contribution in [0.4, 0.5) is 5.69 Å². The Bertz CT molecular complexity index is 619. The summed E-state index contributed by atoms with van der Waals surface area (Å²) < 4.78 is 0.926. The summed E-state index contributed by atoms with van der Waals surface area (Å²) >= 11 is 4.69. The van der Waals surface area contributed by atoms with Crippen molar-refractivity contribution in [1.29, 1.82) is 0 Å². The highest BCUT2D eigenvalue weighted by Crippen LogP contribution is 2.26. The molecular weight excluding hydrogens is 378 g/mol. The molecule has 1 aliphatic heterocycles. The number of halogens is 1. The van der Waals surface area contributed by atoms with E-state index >= 15 is 0 Å². The molecule has 0 aromatic heterocycles. The van der Waals surface area contributed by atoms with E-state index in [4.69, 9.17) is 0 Å². The Hall–Kier alpha value is -1.34. The maximum absolute atomic E-state index is 12.0. The van der Waals surface area contributed by atoms with Gasteiger partial charge in [-0.05, 0) is 30.5 Å². The number of benzene rings is 1. The van der Waals surface area contributed by atoms with Crippen LogP contribution in [0.3, 0.4) is 0 Å². The maximum atomic E-state index is 12.0. The smallest absolute Gasteiger partial charge is 0.240 e. The molecule has 0 radical (unpaired) electrons. The number of carbonyl (C=O) groups is 2. The molecule has 124 valence electrons.